The van der Waals surface area contributed by atoms with Gasteiger partial charge in [-0.25, -0.2) is 9.97 Å². The van der Waals surface area contributed by atoms with E-state index in [0.717, 1.165) is 17.1 Å². The van der Waals surface area contributed by atoms with Crippen LogP contribution < -0.4 is 15.4 Å². The summed E-state index contributed by atoms with van der Waals surface area (Å²) >= 11 is 0. The van der Waals surface area contributed by atoms with Gasteiger partial charge in [-0.15, -0.1) is 0 Å². The Bertz CT molecular complexity index is 887. The molecule has 0 atom stereocenters. The summed E-state index contributed by atoms with van der Waals surface area (Å²) in [5.74, 6) is 2.13. The summed E-state index contributed by atoms with van der Waals surface area (Å²) in [6.07, 6.45) is 1.48. The number of benzene rings is 2. The van der Waals surface area contributed by atoms with Crippen molar-refractivity contribution in [1.82, 2.24) is 9.97 Å². The molecule has 0 fully saturated rings. The first-order chi connectivity index (χ1) is 12.3. The third-order valence-corrected chi connectivity index (χ3v) is 3.37. The number of hydrogen-bond acceptors (Lipinski definition) is 6. The average molecular weight is 331 g/mol. The summed E-state index contributed by atoms with van der Waals surface area (Å²) in [5.41, 5.74) is 2.29. The Morgan fingerprint density at radius 2 is 1.68 bits per heavy atom. The van der Waals surface area contributed by atoms with Gasteiger partial charge in [0.15, 0.2) is 0 Å². The van der Waals surface area contributed by atoms with Gasteiger partial charge in [-0.05, 0) is 49.4 Å². The van der Waals surface area contributed by atoms with Crippen molar-refractivity contribution < 1.29 is 4.74 Å². The topological polar surface area (TPSA) is 82.9 Å². The summed E-state index contributed by atoms with van der Waals surface area (Å²) in [4.78, 5) is 8.43. The highest BCUT2D eigenvalue weighted by Gasteiger charge is 2.02. The molecule has 2 aromatic carbocycles. The Morgan fingerprint density at radius 1 is 0.960 bits per heavy atom. The number of rotatable bonds is 6. The van der Waals surface area contributed by atoms with Crippen molar-refractivity contribution in [2.75, 3.05) is 17.2 Å². The molecule has 124 valence electrons. The molecule has 2 N–H and O–H groups in total. The molecule has 1 aromatic heterocycles. The molecule has 0 aliphatic carbocycles. The number of nitrogens with zero attached hydrogens (tertiary/aromatic N) is 3. The summed E-state index contributed by atoms with van der Waals surface area (Å²) < 4.78 is 5.43. The van der Waals surface area contributed by atoms with E-state index in [0.29, 0.717) is 23.8 Å². The molecule has 3 rings (SSSR count). The monoisotopic (exact) mass is 331 g/mol. The van der Waals surface area contributed by atoms with Crippen LogP contribution >= 0.6 is 0 Å². The molecule has 0 unspecified atom stereocenters. The number of anilines is 4. The van der Waals surface area contributed by atoms with E-state index >= 15 is 0 Å². The smallest absolute Gasteiger partial charge is 0.135 e. The Balaban J connectivity index is 1.71. The number of nitrogens with one attached hydrogen (secondary N) is 2. The minimum atomic E-state index is 0.590. The Hall–Kier alpha value is -3.59. The van der Waals surface area contributed by atoms with Gasteiger partial charge in [0, 0.05) is 17.4 Å². The number of hydrogen-bond donors (Lipinski definition) is 2. The van der Waals surface area contributed by atoms with E-state index in [9.17, 15) is 0 Å². The predicted molar refractivity (Wildman–Crippen MR) is 97.4 cm³/mol. The van der Waals surface area contributed by atoms with Gasteiger partial charge < -0.3 is 15.4 Å². The highest BCUT2D eigenvalue weighted by atomic mass is 16.5. The molecule has 0 spiro atoms. The van der Waals surface area contributed by atoms with Gasteiger partial charge in [0.25, 0.3) is 0 Å². The number of nitriles is 1. The van der Waals surface area contributed by atoms with Crippen molar-refractivity contribution in [3.05, 3.63) is 66.5 Å². The van der Waals surface area contributed by atoms with Crippen LogP contribution in [0.15, 0.2) is 60.9 Å². The van der Waals surface area contributed by atoms with Crippen LogP contribution in [0.25, 0.3) is 0 Å². The second-order valence-corrected chi connectivity index (χ2v) is 5.19. The second kappa shape index (κ2) is 7.79. The van der Waals surface area contributed by atoms with E-state index < -0.39 is 0 Å². The van der Waals surface area contributed by atoms with Gasteiger partial charge in [-0.1, -0.05) is 6.07 Å². The lowest BCUT2D eigenvalue weighted by atomic mass is 10.2. The fraction of sp³-hybridized carbons (Fsp3) is 0.105. The minimum Gasteiger partial charge on any atom is -0.494 e. The van der Waals surface area contributed by atoms with Crippen LogP contribution in [0.1, 0.15) is 12.5 Å². The Kier molecular flexibility index (Phi) is 5.07. The third kappa shape index (κ3) is 4.45. The molecule has 0 aliphatic rings. The molecular weight excluding hydrogens is 314 g/mol. The van der Waals surface area contributed by atoms with E-state index in [1.807, 2.05) is 43.3 Å². The van der Waals surface area contributed by atoms with Gasteiger partial charge in [-0.3, -0.25) is 0 Å². The second-order valence-electron chi connectivity index (χ2n) is 5.19. The summed E-state index contributed by atoms with van der Waals surface area (Å²) in [7, 11) is 0. The lowest BCUT2D eigenvalue weighted by Crippen LogP contribution is -1.99. The average Bonchev–Trinajstić information content (AvgIpc) is 2.64. The van der Waals surface area contributed by atoms with Crippen LogP contribution in [0.2, 0.25) is 0 Å². The zero-order chi connectivity index (χ0) is 17.5. The lowest BCUT2D eigenvalue weighted by molar-refractivity contribution is 0.340. The van der Waals surface area contributed by atoms with E-state index in [1.165, 1.54) is 6.33 Å². The van der Waals surface area contributed by atoms with Gasteiger partial charge in [0.2, 0.25) is 0 Å². The van der Waals surface area contributed by atoms with Crippen LogP contribution in [0.5, 0.6) is 5.75 Å². The van der Waals surface area contributed by atoms with Crippen LogP contribution in [0.3, 0.4) is 0 Å². The van der Waals surface area contributed by atoms with Crippen molar-refractivity contribution in [2.45, 2.75) is 6.92 Å². The summed E-state index contributed by atoms with van der Waals surface area (Å²) in [6, 6.07) is 18.8. The maximum absolute atomic E-state index is 8.97. The zero-order valence-electron chi connectivity index (χ0n) is 13.7. The first-order valence-electron chi connectivity index (χ1n) is 7.86. The molecular formula is C19H17N5O. The summed E-state index contributed by atoms with van der Waals surface area (Å²) in [5, 5.41) is 15.4. The Morgan fingerprint density at radius 3 is 2.36 bits per heavy atom. The van der Waals surface area contributed by atoms with Gasteiger partial charge >= 0.3 is 0 Å². The van der Waals surface area contributed by atoms with Gasteiger partial charge in [-0.2, -0.15) is 5.26 Å². The van der Waals surface area contributed by atoms with Crippen molar-refractivity contribution in [3.63, 3.8) is 0 Å². The van der Waals surface area contributed by atoms with Crippen LogP contribution in [0, 0.1) is 11.3 Å². The molecule has 0 aliphatic heterocycles. The zero-order valence-corrected chi connectivity index (χ0v) is 13.7. The van der Waals surface area contributed by atoms with Crippen molar-refractivity contribution in [2.24, 2.45) is 0 Å². The maximum Gasteiger partial charge on any atom is 0.135 e. The van der Waals surface area contributed by atoms with Crippen LogP contribution in [-0.4, -0.2) is 16.6 Å². The molecule has 0 radical (unpaired) electrons. The minimum absolute atomic E-state index is 0.590. The molecule has 0 bridgehead atoms. The first-order valence-corrected chi connectivity index (χ1v) is 7.86. The fourth-order valence-electron chi connectivity index (χ4n) is 2.26. The van der Waals surface area contributed by atoms with Crippen molar-refractivity contribution in [1.29, 1.82) is 5.26 Å². The highest BCUT2D eigenvalue weighted by Crippen LogP contribution is 2.21. The van der Waals surface area contributed by atoms with Crippen LogP contribution in [-0.2, 0) is 0 Å². The molecule has 1 heterocycles. The van der Waals surface area contributed by atoms with E-state index in [2.05, 4.69) is 26.7 Å². The SMILES string of the molecule is CCOc1ccc(Nc2cc(Nc3cccc(C#N)c3)ncn2)cc1. The van der Waals surface area contributed by atoms with Crippen LogP contribution in [0.4, 0.5) is 23.0 Å². The number of ether oxygens (including phenoxy) is 1. The lowest BCUT2D eigenvalue weighted by Gasteiger charge is -2.09. The highest BCUT2D eigenvalue weighted by molar-refractivity contribution is 5.64. The molecule has 0 amide bonds. The molecule has 0 saturated heterocycles. The molecule has 6 nitrogen and oxygen atoms in total. The number of aromatic nitrogens is 2. The van der Waals surface area contributed by atoms with E-state index in [-0.39, 0.29) is 0 Å². The van der Waals surface area contributed by atoms with Gasteiger partial charge in [0.1, 0.15) is 23.7 Å². The maximum atomic E-state index is 8.97. The van der Waals surface area contributed by atoms with Crippen molar-refractivity contribution >= 4 is 23.0 Å². The normalized spacial score (nSPS) is 9.92. The van der Waals surface area contributed by atoms with Crippen molar-refractivity contribution in [3.8, 4) is 11.8 Å². The molecule has 25 heavy (non-hydrogen) atoms. The Labute approximate surface area is 146 Å². The largest absolute Gasteiger partial charge is 0.494 e. The first kappa shape index (κ1) is 16.3. The fourth-order valence-corrected chi connectivity index (χ4v) is 2.26. The van der Waals surface area contributed by atoms with Gasteiger partial charge in [0.05, 0.1) is 18.2 Å². The molecule has 3 aromatic rings. The van der Waals surface area contributed by atoms with E-state index in [4.69, 9.17) is 10.00 Å². The molecule has 0 saturated carbocycles. The third-order valence-electron chi connectivity index (χ3n) is 3.37. The quantitative estimate of drug-likeness (QED) is 0.703. The summed E-state index contributed by atoms with van der Waals surface area (Å²) in [6.45, 7) is 2.59. The molecule has 6 heteroatoms. The standard InChI is InChI=1S/C19H17N5O/c1-2-25-17-8-6-15(7-9-17)23-18-11-19(22-13-21-18)24-16-5-3-4-14(10-16)12-20/h3-11,13H,2H2,1H3,(H2,21,22,23,24). The van der Waals surface area contributed by atoms with E-state index in [1.54, 1.807) is 18.2 Å². The predicted octanol–water partition coefficient (Wildman–Crippen LogP) is 4.23.